The van der Waals surface area contributed by atoms with E-state index in [9.17, 15) is 20.0 Å². The number of aromatic hydroxyl groups is 1. The highest BCUT2D eigenvalue weighted by molar-refractivity contribution is 9.13. The van der Waals surface area contributed by atoms with E-state index in [1.807, 2.05) is 0 Å². The zero-order valence-electron chi connectivity index (χ0n) is 12.7. The molecule has 8 nitrogen and oxygen atoms in total. The minimum absolute atomic E-state index is 0.125. The third-order valence-electron chi connectivity index (χ3n) is 3.12. The molecule has 1 amide bonds. The number of para-hydroxylation sites is 1. The topological polar surface area (TPSA) is 114 Å². The molecule has 0 atom stereocenters. The van der Waals surface area contributed by atoms with Gasteiger partial charge in [0, 0.05) is 15.0 Å². The second-order valence-corrected chi connectivity index (χ2v) is 6.26. The number of hydrazone groups is 1. The number of phenolic OH excluding ortho intramolecular Hbond substituents is 1. The van der Waals surface area contributed by atoms with Crippen LogP contribution in [0.3, 0.4) is 0 Å². The Hall–Kier alpha value is -2.46. The maximum Gasteiger partial charge on any atom is 0.282 e. The molecule has 25 heavy (non-hydrogen) atoms. The summed E-state index contributed by atoms with van der Waals surface area (Å²) in [6.45, 7) is 0. The second kappa shape index (κ2) is 8.08. The molecule has 130 valence electrons. The van der Waals surface area contributed by atoms with Crippen molar-refractivity contribution in [1.82, 2.24) is 5.43 Å². The Kier molecular flexibility index (Phi) is 6.10. The minimum atomic E-state index is -0.749. The minimum Gasteiger partial charge on any atom is -0.504 e. The number of nitrogens with one attached hydrogen (secondary N) is 1. The molecule has 0 fully saturated rings. The molecule has 10 heteroatoms. The number of benzene rings is 2. The second-order valence-electron chi connectivity index (χ2n) is 4.61. The van der Waals surface area contributed by atoms with E-state index in [-0.39, 0.29) is 28.3 Å². The lowest BCUT2D eigenvalue weighted by molar-refractivity contribution is -0.385. The van der Waals surface area contributed by atoms with Crippen LogP contribution in [0, 0.1) is 10.1 Å². The molecule has 2 rings (SSSR count). The fourth-order valence-corrected chi connectivity index (χ4v) is 2.75. The van der Waals surface area contributed by atoms with Gasteiger partial charge in [-0.1, -0.05) is 12.1 Å². The van der Waals surface area contributed by atoms with Gasteiger partial charge in [-0.25, -0.2) is 5.43 Å². The van der Waals surface area contributed by atoms with Gasteiger partial charge in [0.25, 0.3) is 11.6 Å². The number of phenols is 1. The fraction of sp³-hybridized carbons (Fsp3) is 0.0667. The van der Waals surface area contributed by atoms with E-state index in [4.69, 9.17) is 4.74 Å². The van der Waals surface area contributed by atoms with E-state index < -0.39 is 10.8 Å². The van der Waals surface area contributed by atoms with Crippen molar-refractivity contribution < 1.29 is 19.6 Å². The van der Waals surface area contributed by atoms with E-state index in [1.54, 1.807) is 6.07 Å². The molecule has 0 aliphatic heterocycles. The van der Waals surface area contributed by atoms with Gasteiger partial charge in [0.05, 0.1) is 23.8 Å². The van der Waals surface area contributed by atoms with Gasteiger partial charge in [-0.2, -0.15) is 5.10 Å². The highest BCUT2D eigenvalue weighted by atomic mass is 79.9. The Morgan fingerprint density at radius 1 is 1.40 bits per heavy atom. The molecule has 0 spiro atoms. The van der Waals surface area contributed by atoms with Gasteiger partial charge in [0.2, 0.25) is 0 Å². The van der Waals surface area contributed by atoms with Crippen molar-refractivity contribution in [3.05, 3.63) is 60.5 Å². The van der Waals surface area contributed by atoms with Crippen LogP contribution >= 0.6 is 31.9 Å². The van der Waals surface area contributed by atoms with Crippen LogP contribution in [0.1, 0.15) is 15.9 Å². The summed E-state index contributed by atoms with van der Waals surface area (Å²) in [4.78, 5) is 22.4. The van der Waals surface area contributed by atoms with Gasteiger partial charge >= 0.3 is 0 Å². The highest BCUT2D eigenvalue weighted by Gasteiger charge is 2.19. The van der Waals surface area contributed by atoms with Gasteiger partial charge in [-0.05, 0) is 44.0 Å². The van der Waals surface area contributed by atoms with Crippen molar-refractivity contribution in [2.24, 2.45) is 5.10 Å². The van der Waals surface area contributed by atoms with Crippen LogP contribution in [0.5, 0.6) is 11.5 Å². The van der Waals surface area contributed by atoms with E-state index in [0.29, 0.717) is 8.95 Å². The van der Waals surface area contributed by atoms with E-state index in [2.05, 4.69) is 42.4 Å². The number of nitro groups is 1. The first-order valence-corrected chi connectivity index (χ1v) is 8.27. The molecular formula is C15H11Br2N3O5. The number of carbonyl (C=O) groups is 1. The van der Waals surface area contributed by atoms with E-state index in [0.717, 1.165) is 0 Å². The smallest absolute Gasteiger partial charge is 0.282 e. The molecule has 0 unspecified atom stereocenters. The Labute approximate surface area is 158 Å². The van der Waals surface area contributed by atoms with Crippen molar-refractivity contribution >= 4 is 49.7 Å². The molecule has 2 N–H and O–H groups in total. The van der Waals surface area contributed by atoms with Crippen LogP contribution in [0.15, 0.2) is 44.4 Å². The van der Waals surface area contributed by atoms with Crippen LogP contribution < -0.4 is 10.2 Å². The Balaban J connectivity index is 2.27. The molecule has 0 aliphatic rings. The molecule has 0 saturated heterocycles. The summed E-state index contributed by atoms with van der Waals surface area (Å²) in [5.74, 6) is -0.719. The molecule has 0 radical (unpaired) electrons. The number of halogens is 2. The lowest BCUT2D eigenvalue weighted by Crippen LogP contribution is -2.19. The average Bonchev–Trinajstić information content (AvgIpc) is 2.60. The van der Waals surface area contributed by atoms with Crippen molar-refractivity contribution in [3.8, 4) is 11.5 Å². The van der Waals surface area contributed by atoms with Gasteiger partial charge in [0.1, 0.15) is 5.56 Å². The van der Waals surface area contributed by atoms with Gasteiger partial charge in [-0.15, -0.1) is 0 Å². The number of hydrogen-bond acceptors (Lipinski definition) is 6. The SMILES string of the molecule is COc1cc(Br)c(Br)c(C=NNC(=O)c2ccccc2[N+](=O)[O-])c1O. The first-order valence-electron chi connectivity index (χ1n) is 6.68. The average molecular weight is 473 g/mol. The zero-order chi connectivity index (χ0) is 18.6. The monoisotopic (exact) mass is 471 g/mol. The molecule has 0 aromatic heterocycles. The maximum absolute atomic E-state index is 12.1. The third kappa shape index (κ3) is 4.15. The maximum atomic E-state index is 12.1. The molecule has 0 saturated carbocycles. The molecule has 2 aromatic rings. The van der Waals surface area contributed by atoms with Gasteiger partial charge in [0.15, 0.2) is 11.5 Å². The predicted octanol–water partition coefficient (Wildman–Crippen LogP) is 3.60. The summed E-state index contributed by atoms with van der Waals surface area (Å²) in [7, 11) is 1.40. The zero-order valence-corrected chi connectivity index (χ0v) is 15.9. The number of rotatable bonds is 5. The highest BCUT2D eigenvalue weighted by Crippen LogP contribution is 2.39. The van der Waals surface area contributed by atoms with Crippen LogP contribution in [0.25, 0.3) is 0 Å². The number of methoxy groups -OCH3 is 1. The summed E-state index contributed by atoms with van der Waals surface area (Å²) in [6.07, 6.45) is 1.19. The summed E-state index contributed by atoms with van der Waals surface area (Å²) in [5, 5.41) is 24.8. The number of carbonyl (C=O) groups excluding carboxylic acids is 1. The largest absolute Gasteiger partial charge is 0.504 e. The summed E-state index contributed by atoms with van der Waals surface area (Å²) in [5.41, 5.74) is 2.00. The Bertz CT molecular complexity index is 870. The standard InChI is InChI=1S/C15H11Br2N3O5/c1-25-12-6-10(16)13(17)9(14(12)21)7-18-19-15(22)8-4-2-3-5-11(8)20(23)24/h2-7,21H,1H3,(H,19,22). The van der Waals surface area contributed by atoms with Crippen molar-refractivity contribution in [3.63, 3.8) is 0 Å². The Morgan fingerprint density at radius 3 is 2.72 bits per heavy atom. The number of hydrogen-bond donors (Lipinski definition) is 2. The summed E-state index contributed by atoms with van der Waals surface area (Å²) < 4.78 is 6.14. The van der Waals surface area contributed by atoms with Crippen LogP contribution in [0.2, 0.25) is 0 Å². The lowest BCUT2D eigenvalue weighted by Gasteiger charge is -2.09. The number of amides is 1. The molecule has 2 aromatic carbocycles. The van der Waals surface area contributed by atoms with Gasteiger partial charge < -0.3 is 9.84 Å². The van der Waals surface area contributed by atoms with E-state index >= 15 is 0 Å². The van der Waals surface area contributed by atoms with E-state index in [1.165, 1.54) is 37.6 Å². The number of ether oxygens (including phenoxy) is 1. The lowest BCUT2D eigenvalue weighted by atomic mass is 10.2. The number of nitro benzene ring substituents is 1. The predicted molar refractivity (Wildman–Crippen MR) is 98.2 cm³/mol. The first kappa shape index (κ1) is 18.9. The molecule has 0 bridgehead atoms. The summed E-state index contributed by atoms with van der Waals surface area (Å²) in [6, 6.07) is 7.07. The normalized spacial score (nSPS) is 10.7. The molecule has 0 aliphatic carbocycles. The van der Waals surface area contributed by atoms with Crippen LogP contribution in [-0.4, -0.2) is 29.3 Å². The molecule has 0 heterocycles. The van der Waals surface area contributed by atoms with Crippen LogP contribution in [-0.2, 0) is 0 Å². The van der Waals surface area contributed by atoms with Crippen molar-refractivity contribution in [2.45, 2.75) is 0 Å². The Morgan fingerprint density at radius 2 is 2.08 bits per heavy atom. The van der Waals surface area contributed by atoms with Crippen molar-refractivity contribution in [1.29, 1.82) is 0 Å². The fourth-order valence-electron chi connectivity index (χ4n) is 1.93. The van der Waals surface area contributed by atoms with Gasteiger partial charge in [-0.3, -0.25) is 14.9 Å². The quantitative estimate of drug-likeness (QED) is 0.392. The van der Waals surface area contributed by atoms with Crippen molar-refractivity contribution in [2.75, 3.05) is 7.11 Å². The first-order chi connectivity index (χ1) is 11.9. The third-order valence-corrected chi connectivity index (χ3v) is 5.13. The number of nitrogens with zero attached hydrogens (tertiary/aromatic N) is 2. The van der Waals surface area contributed by atoms with Crippen LogP contribution in [0.4, 0.5) is 5.69 Å². The summed E-state index contributed by atoms with van der Waals surface area (Å²) >= 11 is 6.57. The molecular weight excluding hydrogens is 462 g/mol.